The molecule has 0 fully saturated rings. The molecule has 2 aromatic rings. The molecule has 8 heteroatoms. The molecular weight excluding hydrogens is 362 g/mol. The largest absolute Gasteiger partial charge is 0.324 e. The molecule has 0 saturated carbocycles. The predicted octanol–water partition coefficient (Wildman–Crippen LogP) is 2.54. The van der Waals surface area contributed by atoms with Crippen LogP contribution >= 0.6 is 11.6 Å². The summed E-state index contributed by atoms with van der Waals surface area (Å²) in [5.74, 6) is -0.260. The Hall–Kier alpha value is -1.96. The quantitative estimate of drug-likeness (QED) is 0.744. The number of rotatable bonds is 7. The zero-order valence-electron chi connectivity index (χ0n) is 14.1. The van der Waals surface area contributed by atoms with Gasteiger partial charge in [0.1, 0.15) is 0 Å². The Balaban J connectivity index is 2.37. The summed E-state index contributed by atoms with van der Waals surface area (Å²) in [6.45, 7) is 3.37. The number of pyridine rings is 1. The van der Waals surface area contributed by atoms with Gasteiger partial charge >= 0.3 is 0 Å². The fraction of sp³-hybridized carbons (Fsp3) is 0.294. The van der Waals surface area contributed by atoms with Crippen LogP contribution in [0, 0.1) is 6.92 Å². The molecule has 2 N–H and O–H groups in total. The van der Waals surface area contributed by atoms with Gasteiger partial charge in [0, 0.05) is 16.8 Å². The van der Waals surface area contributed by atoms with Crippen molar-refractivity contribution < 1.29 is 13.2 Å². The van der Waals surface area contributed by atoms with Crippen LogP contribution in [-0.4, -0.2) is 31.5 Å². The monoisotopic (exact) mass is 381 g/mol. The number of nitrogens with zero attached hydrogens (tertiary/aromatic N) is 2. The van der Waals surface area contributed by atoms with E-state index in [2.05, 4.69) is 4.98 Å². The Bertz CT molecular complexity index is 867. The van der Waals surface area contributed by atoms with Gasteiger partial charge in [0.05, 0.1) is 30.2 Å². The van der Waals surface area contributed by atoms with E-state index in [0.717, 1.165) is 5.56 Å². The number of aromatic nitrogens is 1. The van der Waals surface area contributed by atoms with Crippen molar-refractivity contribution in [3.8, 4) is 0 Å². The summed E-state index contributed by atoms with van der Waals surface area (Å²) in [7, 11) is -3.51. The second kappa shape index (κ2) is 7.95. The molecule has 0 aliphatic rings. The molecule has 0 atom stereocenters. The Labute approximate surface area is 152 Å². The van der Waals surface area contributed by atoms with Gasteiger partial charge in [-0.25, -0.2) is 8.42 Å². The zero-order chi connectivity index (χ0) is 18.6. The summed E-state index contributed by atoms with van der Waals surface area (Å²) in [4.78, 5) is 15.8. The number of carbonyl (C=O) groups is 1. The third-order valence-corrected chi connectivity index (χ3v) is 5.93. The second-order valence-corrected chi connectivity index (χ2v) is 8.10. The average Bonchev–Trinajstić information content (AvgIpc) is 2.61. The van der Waals surface area contributed by atoms with Crippen molar-refractivity contribution >= 4 is 33.1 Å². The van der Waals surface area contributed by atoms with Crippen LogP contribution in [0.1, 0.15) is 28.5 Å². The van der Waals surface area contributed by atoms with Crippen molar-refractivity contribution in [3.05, 3.63) is 58.4 Å². The average molecular weight is 382 g/mol. The molecule has 1 aromatic heterocycles. The summed E-state index contributed by atoms with van der Waals surface area (Å²) < 4.78 is 26.3. The maximum absolute atomic E-state index is 12.5. The third-order valence-electron chi connectivity index (χ3n) is 3.77. The van der Waals surface area contributed by atoms with E-state index in [-0.39, 0.29) is 24.6 Å². The molecule has 0 amide bonds. The lowest BCUT2D eigenvalue weighted by molar-refractivity contribution is 0.100. The summed E-state index contributed by atoms with van der Waals surface area (Å²) in [6, 6.07) is 8.28. The molecule has 0 aliphatic carbocycles. The molecule has 2 rings (SSSR count). The van der Waals surface area contributed by atoms with Crippen LogP contribution in [0.4, 0.5) is 5.69 Å². The number of nitrogens with two attached hydrogens (primary N) is 1. The number of aryl methyl sites for hydroxylation is 1. The standard InChI is InChI=1S/C17H20ClN3O3S/c1-3-25(23,24)21(15-6-7-16(18)12(2)8-15)11-14-5-4-13(10-20-14)17(22)9-19/h4-8,10H,3,9,11,19H2,1-2H3. The Kier molecular flexibility index (Phi) is 6.16. The number of ketones is 1. The minimum Gasteiger partial charge on any atom is -0.324 e. The van der Waals surface area contributed by atoms with E-state index in [4.69, 9.17) is 17.3 Å². The van der Waals surface area contributed by atoms with Crippen molar-refractivity contribution in [3.63, 3.8) is 0 Å². The minimum atomic E-state index is -3.51. The summed E-state index contributed by atoms with van der Waals surface area (Å²) in [6.07, 6.45) is 1.41. The van der Waals surface area contributed by atoms with Crippen LogP contribution in [0.3, 0.4) is 0 Å². The van der Waals surface area contributed by atoms with Gasteiger partial charge in [-0.15, -0.1) is 0 Å². The van der Waals surface area contributed by atoms with E-state index in [9.17, 15) is 13.2 Å². The maximum Gasteiger partial charge on any atom is 0.235 e. The van der Waals surface area contributed by atoms with E-state index < -0.39 is 10.0 Å². The molecule has 1 heterocycles. The molecule has 0 aliphatic heterocycles. The smallest absolute Gasteiger partial charge is 0.235 e. The third kappa shape index (κ3) is 4.56. The Morgan fingerprint density at radius 3 is 2.52 bits per heavy atom. The van der Waals surface area contributed by atoms with Crippen LogP contribution in [-0.2, 0) is 16.6 Å². The normalized spacial score (nSPS) is 11.4. The lowest BCUT2D eigenvalue weighted by Gasteiger charge is -2.24. The molecule has 1 aromatic carbocycles. The first-order chi connectivity index (χ1) is 11.8. The lowest BCUT2D eigenvalue weighted by Crippen LogP contribution is -2.32. The first-order valence-corrected chi connectivity index (χ1v) is 9.72. The number of sulfonamides is 1. The number of anilines is 1. The SMILES string of the molecule is CCS(=O)(=O)N(Cc1ccc(C(=O)CN)cn1)c1ccc(Cl)c(C)c1. The van der Waals surface area contributed by atoms with Crippen LogP contribution < -0.4 is 10.0 Å². The fourth-order valence-corrected chi connectivity index (χ4v) is 3.43. The van der Waals surface area contributed by atoms with Gasteiger partial charge in [0.15, 0.2) is 5.78 Å². The lowest BCUT2D eigenvalue weighted by atomic mass is 10.2. The van der Waals surface area contributed by atoms with E-state index in [1.54, 1.807) is 37.3 Å². The van der Waals surface area contributed by atoms with Crippen LogP contribution in [0.2, 0.25) is 5.02 Å². The summed E-state index contributed by atoms with van der Waals surface area (Å²) in [5.41, 5.74) is 7.56. The highest BCUT2D eigenvalue weighted by atomic mass is 35.5. The van der Waals surface area contributed by atoms with Gasteiger partial charge in [-0.3, -0.25) is 14.1 Å². The first-order valence-electron chi connectivity index (χ1n) is 7.73. The second-order valence-electron chi connectivity index (χ2n) is 5.51. The highest BCUT2D eigenvalue weighted by Crippen LogP contribution is 2.26. The van der Waals surface area contributed by atoms with Crippen molar-refractivity contribution in [2.75, 3.05) is 16.6 Å². The van der Waals surface area contributed by atoms with Crippen molar-refractivity contribution in [1.82, 2.24) is 4.98 Å². The van der Waals surface area contributed by atoms with Gasteiger partial charge in [-0.2, -0.15) is 0 Å². The van der Waals surface area contributed by atoms with E-state index in [1.807, 2.05) is 6.92 Å². The fourth-order valence-electron chi connectivity index (χ4n) is 2.24. The van der Waals surface area contributed by atoms with E-state index in [0.29, 0.717) is 22.0 Å². The molecule has 0 bridgehead atoms. The van der Waals surface area contributed by atoms with Crippen molar-refractivity contribution in [2.45, 2.75) is 20.4 Å². The maximum atomic E-state index is 12.5. The summed E-state index contributed by atoms with van der Waals surface area (Å²) in [5, 5.41) is 0.570. The number of halogens is 1. The Morgan fingerprint density at radius 2 is 2.00 bits per heavy atom. The van der Waals surface area contributed by atoms with Gasteiger partial charge in [0.25, 0.3) is 0 Å². The molecular formula is C17H20ClN3O3S. The van der Waals surface area contributed by atoms with Crippen molar-refractivity contribution in [1.29, 1.82) is 0 Å². The summed E-state index contributed by atoms with van der Waals surface area (Å²) >= 11 is 6.03. The number of benzene rings is 1. The molecule has 0 saturated heterocycles. The zero-order valence-corrected chi connectivity index (χ0v) is 15.6. The first kappa shape index (κ1) is 19.4. The van der Waals surface area contributed by atoms with Gasteiger partial charge in [-0.05, 0) is 49.7 Å². The van der Waals surface area contributed by atoms with Crippen LogP contribution in [0.15, 0.2) is 36.5 Å². The predicted molar refractivity (Wildman–Crippen MR) is 99.5 cm³/mol. The molecule has 0 spiro atoms. The molecule has 6 nitrogen and oxygen atoms in total. The number of hydrogen-bond donors (Lipinski definition) is 1. The van der Waals surface area contributed by atoms with Crippen LogP contribution in [0.5, 0.6) is 0 Å². The number of Topliss-reactive ketones (excluding diaryl/α,β-unsaturated/α-hetero) is 1. The van der Waals surface area contributed by atoms with Crippen molar-refractivity contribution in [2.24, 2.45) is 5.73 Å². The Morgan fingerprint density at radius 1 is 1.28 bits per heavy atom. The molecule has 0 unspecified atom stereocenters. The number of hydrogen-bond acceptors (Lipinski definition) is 5. The van der Waals surface area contributed by atoms with E-state index >= 15 is 0 Å². The molecule has 0 radical (unpaired) electrons. The highest BCUT2D eigenvalue weighted by Gasteiger charge is 2.22. The van der Waals surface area contributed by atoms with E-state index in [1.165, 1.54) is 10.5 Å². The van der Waals surface area contributed by atoms with Crippen LogP contribution in [0.25, 0.3) is 0 Å². The highest BCUT2D eigenvalue weighted by molar-refractivity contribution is 7.92. The topological polar surface area (TPSA) is 93.4 Å². The van der Waals surface area contributed by atoms with Gasteiger partial charge in [0.2, 0.25) is 10.0 Å². The molecule has 25 heavy (non-hydrogen) atoms. The van der Waals surface area contributed by atoms with Gasteiger partial charge in [-0.1, -0.05) is 11.6 Å². The minimum absolute atomic E-state index is 0.0432. The number of carbonyl (C=O) groups excluding carboxylic acids is 1. The molecule has 134 valence electrons. The van der Waals surface area contributed by atoms with Gasteiger partial charge < -0.3 is 5.73 Å².